The van der Waals surface area contributed by atoms with Crippen LogP contribution >= 0.6 is 0 Å². The zero-order valence-corrected chi connectivity index (χ0v) is 17.3. The number of ketones is 1. The molecule has 0 heterocycles. The van der Waals surface area contributed by atoms with Crippen molar-refractivity contribution >= 4 is 5.78 Å². The van der Waals surface area contributed by atoms with E-state index in [1.165, 1.54) is 57.8 Å². The Labute approximate surface area is 151 Å². The largest absolute Gasteiger partial charge is 0.299 e. The minimum atomic E-state index is 0.300. The molecule has 1 nitrogen and oxygen atoms in total. The monoisotopic (exact) mass is 334 g/mol. The van der Waals surface area contributed by atoms with Gasteiger partial charge in [-0.3, -0.25) is 4.79 Å². The molecule has 2 saturated carbocycles. The first-order valence-electron chi connectivity index (χ1n) is 10.7. The number of unbranched alkanes of at least 4 members (excludes halogenated alkanes) is 1. The summed E-state index contributed by atoms with van der Waals surface area (Å²) in [6, 6.07) is 0. The lowest BCUT2D eigenvalue weighted by atomic mass is 9.58. The summed E-state index contributed by atoms with van der Waals surface area (Å²) in [7, 11) is 0. The Morgan fingerprint density at radius 1 is 1.21 bits per heavy atom. The van der Waals surface area contributed by atoms with Gasteiger partial charge in [0.25, 0.3) is 0 Å². The summed E-state index contributed by atoms with van der Waals surface area (Å²) in [4.78, 5) is 12.8. The summed E-state index contributed by atoms with van der Waals surface area (Å²) in [6.07, 6.45) is 12.5. The van der Waals surface area contributed by atoms with Crippen LogP contribution < -0.4 is 0 Å². The second-order valence-electron chi connectivity index (χ2n) is 10.6. The highest BCUT2D eigenvalue weighted by atomic mass is 16.1. The van der Waals surface area contributed by atoms with Gasteiger partial charge in [0.15, 0.2) is 0 Å². The Hall–Kier alpha value is -0.330. The predicted octanol–water partition coefficient (Wildman–Crippen LogP) is 7.04. The van der Waals surface area contributed by atoms with Crippen molar-refractivity contribution in [1.29, 1.82) is 0 Å². The lowest BCUT2D eigenvalue weighted by Gasteiger charge is -2.45. The highest BCUT2D eigenvalue weighted by molar-refractivity contribution is 5.83. The van der Waals surface area contributed by atoms with E-state index in [-0.39, 0.29) is 0 Å². The van der Waals surface area contributed by atoms with Gasteiger partial charge in [0, 0.05) is 12.3 Å². The van der Waals surface area contributed by atoms with Gasteiger partial charge in [-0.2, -0.15) is 0 Å². The molecule has 2 aliphatic carbocycles. The zero-order valence-electron chi connectivity index (χ0n) is 17.3. The van der Waals surface area contributed by atoms with E-state index in [0.717, 1.165) is 18.3 Å². The van der Waals surface area contributed by atoms with E-state index in [4.69, 9.17) is 0 Å². The van der Waals surface area contributed by atoms with Crippen LogP contribution in [0.3, 0.4) is 0 Å². The summed E-state index contributed by atoms with van der Waals surface area (Å²) in [5, 5.41) is 0. The average molecular weight is 335 g/mol. The molecular weight excluding hydrogens is 292 g/mol. The minimum Gasteiger partial charge on any atom is -0.299 e. The lowest BCUT2D eigenvalue weighted by molar-refractivity contribution is -0.132. The van der Waals surface area contributed by atoms with Gasteiger partial charge < -0.3 is 0 Å². The van der Waals surface area contributed by atoms with Crippen LogP contribution in [0.4, 0.5) is 0 Å². The maximum Gasteiger partial charge on any atom is 0.136 e. The quantitative estimate of drug-likeness (QED) is 0.488. The summed E-state index contributed by atoms with van der Waals surface area (Å²) in [5.74, 6) is 3.21. The number of hydrogen-bond acceptors (Lipinski definition) is 1. The van der Waals surface area contributed by atoms with Crippen molar-refractivity contribution in [2.45, 2.75) is 106 Å². The van der Waals surface area contributed by atoms with E-state index in [1.54, 1.807) is 0 Å². The van der Waals surface area contributed by atoms with Gasteiger partial charge in [-0.15, -0.1) is 0 Å². The fraction of sp³-hybridized carbons (Fsp3) is 0.957. The van der Waals surface area contributed by atoms with Gasteiger partial charge in [0.1, 0.15) is 5.78 Å². The van der Waals surface area contributed by atoms with Crippen LogP contribution in [0.1, 0.15) is 106 Å². The number of fused-ring (bicyclic) bond motifs is 1. The summed E-state index contributed by atoms with van der Waals surface area (Å²) in [5.41, 5.74) is 0.753. The topological polar surface area (TPSA) is 17.1 Å². The first-order valence-corrected chi connectivity index (χ1v) is 10.7. The van der Waals surface area contributed by atoms with E-state index >= 15 is 0 Å². The van der Waals surface area contributed by atoms with Gasteiger partial charge in [-0.25, -0.2) is 0 Å². The third-order valence-electron chi connectivity index (χ3n) is 7.26. The molecule has 24 heavy (non-hydrogen) atoms. The highest BCUT2D eigenvalue weighted by Gasteiger charge is 2.54. The Kier molecular flexibility index (Phi) is 6.59. The molecule has 0 aromatic heterocycles. The average Bonchev–Trinajstić information content (AvgIpc) is 2.81. The van der Waals surface area contributed by atoms with E-state index in [0.29, 0.717) is 28.4 Å². The molecule has 140 valence electrons. The first kappa shape index (κ1) is 20.0. The van der Waals surface area contributed by atoms with E-state index in [1.807, 2.05) is 0 Å². The molecule has 0 aromatic carbocycles. The summed E-state index contributed by atoms with van der Waals surface area (Å²) < 4.78 is 0. The number of carbonyl (C=O) groups is 1. The first-order chi connectivity index (χ1) is 11.2. The van der Waals surface area contributed by atoms with E-state index < -0.39 is 0 Å². The molecular formula is C23H42O. The molecule has 0 N–H and O–H groups in total. The number of rotatable bonds is 7. The van der Waals surface area contributed by atoms with Crippen LogP contribution in [-0.2, 0) is 4.79 Å². The Morgan fingerprint density at radius 3 is 2.54 bits per heavy atom. The Balaban J connectivity index is 1.99. The highest BCUT2D eigenvalue weighted by Crippen LogP contribution is 2.58. The molecule has 0 aromatic rings. The normalized spacial score (nSPS) is 35.1. The molecule has 2 fully saturated rings. The third kappa shape index (κ3) is 4.64. The lowest BCUT2D eigenvalue weighted by Crippen LogP contribution is -2.42. The van der Waals surface area contributed by atoms with Crippen molar-refractivity contribution in [1.82, 2.24) is 0 Å². The number of hydrogen-bond donors (Lipinski definition) is 0. The minimum absolute atomic E-state index is 0.300. The molecule has 2 aliphatic rings. The zero-order chi connectivity index (χ0) is 18.0. The van der Waals surface area contributed by atoms with E-state index in [2.05, 4.69) is 41.5 Å². The standard InChI is InChI=1S/C23H42O/c1-7-8-11-18-15-21(24)20-13-12-19(23(20,6)16-18)17(2)10-9-14-22(3,4)5/h17-20H,7-16H2,1-6H3/t17-,18+,19-,20+,23-/m1/s1. The van der Waals surface area contributed by atoms with Crippen LogP contribution in [-0.4, -0.2) is 5.78 Å². The predicted molar refractivity (Wildman–Crippen MR) is 104 cm³/mol. The van der Waals surface area contributed by atoms with Crippen LogP contribution in [0.2, 0.25) is 0 Å². The second kappa shape index (κ2) is 7.92. The van der Waals surface area contributed by atoms with Crippen LogP contribution in [0.5, 0.6) is 0 Å². The van der Waals surface area contributed by atoms with E-state index in [9.17, 15) is 4.79 Å². The Bertz CT molecular complexity index is 418. The summed E-state index contributed by atoms with van der Waals surface area (Å²) in [6.45, 7) is 14.3. The van der Waals surface area contributed by atoms with Crippen molar-refractivity contribution in [2.75, 3.05) is 0 Å². The van der Waals surface area contributed by atoms with Gasteiger partial charge in [0.05, 0.1) is 0 Å². The molecule has 5 atom stereocenters. The molecule has 2 rings (SSSR count). The SMILES string of the molecule is CCCC[C@H]1CC(=O)[C@@H]2CC[C@H]([C@H](C)CCCC(C)(C)C)[C@@]2(C)C1. The van der Waals surface area contributed by atoms with Crippen molar-refractivity contribution in [3.8, 4) is 0 Å². The van der Waals surface area contributed by atoms with Gasteiger partial charge in [0.2, 0.25) is 0 Å². The van der Waals surface area contributed by atoms with Crippen molar-refractivity contribution in [3.63, 3.8) is 0 Å². The molecule has 0 unspecified atom stereocenters. The maximum absolute atomic E-state index is 12.8. The van der Waals surface area contributed by atoms with Gasteiger partial charge in [-0.1, -0.05) is 73.6 Å². The maximum atomic E-state index is 12.8. The molecule has 0 bridgehead atoms. The summed E-state index contributed by atoms with van der Waals surface area (Å²) >= 11 is 0. The van der Waals surface area contributed by atoms with Gasteiger partial charge in [-0.05, 0) is 54.3 Å². The van der Waals surface area contributed by atoms with Crippen LogP contribution in [0, 0.1) is 34.5 Å². The second-order valence-corrected chi connectivity index (χ2v) is 10.6. The third-order valence-corrected chi connectivity index (χ3v) is 7.26. The van der Waals surface area contributed by atoms with Crippen LogP contribution in [0.15, 0.2) is 0 Å². The molecule has 0 aliphatic heterocycles. The smallest absolute Gasteiger partial charge is 0.136 e. The van der Waals surface area contributed by atoms with Crippen molar-refractivity contribution in [3.05, 3.63) is 0 Å². The van der Waals surface area contributed by atoms with Crippen LogP contribution in [0.25, 0.3) is 0 Å². The Morgan fingerprint density at radius 2 is 1.92 bits per heavy atom. The molecule has 1 heteroatoms. The van der Waals surface area contributed by atoms with Crippen molar-refractivity contribution < 1.29 is 4.79 Å². The molecule has 0 radical (unpaired) electrons. The fourth-order valence-corrected chi connectivity index (χ4v) is 5.99. The fourth-order valence-electron chi connectivity index (χ4n) is 5.99. The molecule has 0 amide bonds. The molecule has 0 saturated heterocycles. The van der Waals surface area contributed by atoms with Gasteiger partial charge >= 0.3 is 0 Å². The number of carbonyl (C=O) groups excluding carboxylic acids is 1. The number of Topliss-reactive ketones (excluding diaryl/α,β-unsaturated/α-hetero) is 1. The molecule has 0 spiro atoms. The van der Waals surface area contributed by atoms with Crippen molar-refractivity contribution in [2.24, 2.45) is 34.5 Å².